The van der Waals surface area contributed by atoms with E-state index in [1.807, 2.05) is 0 Å². The van der Waals surface area contributed by atoms with E-state index >= 15 is 8.78 Å². The van der Waals surface area contributed by atoms with Crippen molar-refractivity contribution in [1.29, 1.82) is 15.8 Å². The summed E-state index contributed by atoms with van der Waals surface area (Å²) in [6, 6.07) is 9.69. The minimum absolute atomic E-state index is 0.308. The van der Waals surface area contributed by atoms with Crippen molar-refractivity contribution in [2.45, 2.75) is 0 Å². The fraction of sp³-hybridized carbons (Fsp3) is 0. The third-order valence-electron chi connectivity index (χ3n) is 5.02. The molecule has 0 radical (unpaired) electrons. The molecule has 3 aromatic rings. The summed E-state index contributed by atoms with van der Waals surface area (Å²) in [7, 11) is 0. The van der Waals surface area contributed by atoms with Crippen LogP contribution >= 0.6 is 0 Å². The van der Waals surface area contributed by atoms with E-state index in [9.17, 15) is 19.3 Å². The maximum absolute atomic E-state index is 16.2. The molecule has 36 heavy (non-hydrogen) atoms. The highest BCUT2D eigenvalue weighted by Gasteiger charge is 2.25. The molecule has 0 heterocycles. The van der Waals surface area contributed by atoms with Gasteiger partial charge in [0.2, 0.25) is 5.69 Å². The molecule has 0 N–H and O–H groups in total. The van der Waals surface area contributed by atoms with E-state index in [0.717, 1.165) is 36.4 Å². The van der Waals surface area contributed by atoms with Gasteiger partial charge in [-0.05, 0) is 35.4 Å². The van der Waals surface area contributed by atoms with Crippen LogP contribution < -0.4 is 10.4 Å². The van der Waals surface area contributed by atoms with Gasteiger partial charge in [-0.3, -0.25) is 0 Å². The van der Waals surface area contributed by atoms with Crippen LogP contribution in [0.3, 0.4) is 0 Å². The third kappa shape index (κ3) is 3.96. The number of hydrogen-bond donors (Lipinski definition) is 0. The smallest absolute Gasteiger partial charge is 0.235 e. The zero-order valence-corrected chi connectivity index (χ0v) is 17.7. The molecular weight excluding hydrogens is 472 g/mol. The molecular formula is C26H6F4N6. The zero-order valence-electron chi connectivity index (χ0n) is 17.7. The van der Waals surface area contributed by atoms with E-state index < -0.39 is 67.5 Å². The van der Waals surface area contributed by atoms with Gasteiger partial charge in [0.25, 0.3) is 11.4 Å². The molecule has 0 amide bonds. The maximum Gasteiger partial charge on any atom is 0.272 e. The van der Waals surface area contributed by atoms with Gasteiger partial charge in [0, 0.05) is 21.6 Å². The summed E-state index contributed by atoms with van der Waals surface area (Å²) in [5.74, 6) is -4.78. The molecule has 0 aromatic heterocycles. The van der Waals surface area contributed by atoms with Gasteiger partial charge < -0.3 is 0 Å². The summed E-state index contributed by atoms with van der Waals surface area (Å²) in [6.45, 7) is 21.7. The van der Waals surface area contributed by atoms with Crippen molar-refractivity contribution in [1.82, 2.24) is 0 Å². The van der Waals surface area contributed by atoms with Crippen molar-refractivity contribution in [3.63, 3.8) is 0 Å². The predicted octanol–water partition coefficient (Wildman–Crippen LogP) is 5.10. The SMILES string of the molecule is [C-]#[N+]/C(C#N)=c1\c(F)c(-c2ccc(F)c([N+]#[C-])c2)/c(=C(/C#N)[N+]#[C-])c(F)c1-c1ccc(F)c(C#N)c1. The summed E-state index contributed by atoms with van der Waals surface area (Å²) in [5, 5.41) is 26.3. The summed E-state index contributed by atoms with van der Waals surface area (Å²) in [5.41, 5.74) is -5.12. The van der Waals surface area contributed by atoms with Gasteiger partial charge in [-0.15, -0.1) is 0 Å². The summed E-state index contributed by atoms with van der Waals surface area (Å²) < 4.78 is 60.2. The second-order valence-corrected chi connectivity index (χ2v) is 6.86. The minimum atomic E-state index is -1.42. The van der Waals surface area contributed by atoms with Gasteiger partial charge >= 0.3 is 0 Å². The number of nitriles is 3. The lowest BCUT2D eigenvalue weighted by Crippen LogP contribution is -2.28. The van der Waals surface area contributed by atoms with Crippen molar-refractivity contribution in [3.8, 4) is 40.5 Å². The topological polar surface area (TPSA) is 84.4 Å². The van der Waals surface area contributed by atoms with Crippen LogP contribution in [-0.2, 0) is 0 Å². The lowest BCUT2D eigenvalue weighted by Gasteiger charge is -2.15. The first kappa shape index (κ1) is 24.7. The van der Waals surface area contributed by atoms with Gasteiger partial charge in [-0.1, -0.05) is 12.1 Å². The Bertz CT molecular complexity index is 1680. The van der Waals surface area contributed by atoms with Crippen LogP contribution in [0.15, 0.2) is 36.4 Å². The van der Waals surface area contributed by atoms with E-state index in [1.54, 1.807) is 0 Å². The molecule has 6 nitrogen and oxygen atoms in total. The number of rotatable bonds is 2. The van der Waals surface area contributed by atoms with Crippen LogP contribution in [0.2, 0.25) is 0 Å². The van der Waals surface area contributed by atoms with E-state index in [2.05, 4.69) is 14.5 Å². The highest BCUT2D eigenvalue weighted by Crippen LogP contribution is 2.30. The fourth-order valence-electron chi connectivity index (χ4n) is 3.47. The molecule has 10 heteroatoms. The van der Waals surface area contributed by atoms with Crippen LogP contribution in [0, 0.1) is 77.0 Å². The molecule has 168 valence electrons. The van der Waals surface area contributed by atoms with Crippen molar-refractivity contribution in [2.24, 2.45) is 0 Å². The molecule has 0 unspecified atom stereocenters. The van der Waals surface area contributed by atoms with Crippen LogP contribution in [0.5, 0.6) is 0 Å². The molecule has 0 spiro atoms. The van der Waals surface area contributed by atoms with Crippen molar-refractivity contribution >= 4 is 17.1 Å². The number of hydrogen-bond acceptors (Lipinski definition) is 3. The highest BCUT2D eigenvalue weighted by molar-refractivity contribution is 5.84. The average Bonchev–Trinajstić information content (AvgIpc) is 2.89. The monoisotopic (exact) mass is 478 g/mol. The normalized spacial score (nSPS) is 11.5. The Kier molecular flexibility index (Phi) is 6.80. The van der Waals surface area contributed by atoms with Crippen molar-refractivity contribution < 1.29 is 17.6 Å². The number of nitrogens with zero attached hydrogens (tertiary/aromatic N) is 6. The number of benzene rings is 3. The first-order chi connectivity index (χ1) is 17.3. The number of halogens is 4. The molecule has 0 aliphatic carbocycles. The Balaban J connectivity index is 2.80. The average molecular weight is 478 g/mol. The Hall–Kier alpha value is -5.94. The zero-order chi connectivity index (χ0) is 26.6. The lowest BCUT2D eigenvalue weighted by atomic mass is 9.91. The highest BCUT2D eigenvalue weighted by atomic mass is 19.1. The molecule has 0 aliphatic heterocycles. The molecule has 0 bridgehead atoms. The molecule has 3 rings (SSSR count). The van der Waals surface area contributed by atoms with Gasteiger partial charge in [0.05, 0.1) is 37.4 Å². The van der Waals surface area contributed by atoms with Crippen molar-refractivity contribution in [3.05, 3.63) is 110 Å². The maximum atomic E-state index is 16.2. The van der Waals surface area contributed by atoms with E-state index in [1.165, 1.54) is 18.2 Å². The molecule has 0 saturated heterocycles. The summed E-state index contributed by atoms with van der Waals surface area (Å²) in [6.07, 6.45) is 0. The molecule has 3 aromatic carbocycles. The second-order valence-electron chi connectivity index (χ2n) is 6.86. The van der Waals surface area contributed by atoms with Crippen LogP contribution in [0.4, 0.5) is 23.2 Å². The predicted molar refractivity (Wildman–Crippen MR) is 119 cm³/mol. The van der Waals surface area contributed by atoms with Crippen LogP contribution in [0.25, 0.3) is 48.2 Å². The Morgan fingerprint density at radius 1 is 0.694 bits per heavy atom. The van der Waals surface area contributed by atoms with Crippen LogP contribution in [-0.4, -0.2) is 0 Å². The Morgan fingerprint density at radius 3 is 1.58 bits per heavy atom. The van der Waals surface area contributed by atoms with Gasteiger partial charge in [0.15, 0.2) is 0 Å². The second kappa shape index (κ2) is 9.91. The van der Waals surface area contributed by atoms with Gasteiger partial charge in [0.1, 0.15) is 29.3 Å². The Morgan fingerprint density at radius 2 is 1.17 bits per heavy atom. The quantitative estimate of drug-likeness (QED) is 0.379. The molecule has 0 aliphatic rings. The fourth-order valence-corrected chi connectivity index (χ4v) is 3.47. The first-order valence-electron chi connectivity index (χ1n) is 9.49. The Labute approximate surface area is 201 Å². The van der Waals surface area contributed by atoms with E-state index in [4.69, 9.17) is 25.0 Å². The van der Waals surface area contributed by atoms with E-state index in [0.29, 0.717) is 0 Å². The minimum Gasteiger partial charge on any atom is -0.235 e. The van der Waals surface area contributed by atoms with Gasteiger partial charge in [-0.25, -0.2) is 42.6 Å². The summed E-state index contributed by atoms with van der Waals surface area (Å²) in [4.78, 5) is 8.84. The summed E-state index contributed by atoms with van der Waals surface area (Å²) >= 11 is 0. The third-order valence-corrected chi connectivity index (χ3v) is 5.02. The molecule has 0 atom stereocenters. The van der Waals surface area contributed by atoms with Crippen molar-refractivity contribution in [2.75, 3.05) is 0 Å². The van der Waals surface area contributed by atoms with Crippen LogP contribution in [0.1, 0.15) is 5.56 Å². The molecule has 0 saturated carbocycles. The lowest BCUT2D eigenvalue weighted by molar-refractivity contribution is 0.591. The van der Waals surface area contributed by atoms with Gasteiger partial charge in [-0.2, -0.15) is 5.26 Å². The van der Waals surface area contributed by atoms with E-state index in [-0.39, 0.29) is 11.1 Å². The molecule has 0 fully saturated rings. The standard InChI is InChI=1S/C26H6F4N6/c1-34-18-9-14(5-7-17(18)28)22-24(20(12-33)36-3)25(29)21(23(26(22)30)19(11-32)35-2)13-4-6-16(27)15(8-13)10-31/h4-9H/b23-19-,24-20+. The first-order valence-corrected chi connectivity index (χ1v) is 9.49. The largest absolute Gasteiger partial charge is 0.272 e.